The van der Waals surface area contributed by atoms with Gasteiger partial charge in [0.2, 0.25) is 0 Å². The highest BCUT2D eigenvalue weighted by atomic mass is 32.2. The molecule has 0 saturated carbocycles. The largest absolute Gasteiger partial charge is 0.396 e. The monoisotopic (exact) mass is 285 g/mol. The third kappa shape index (κ3) is 3.23. The summed E-state index contributed by atoms with van der Waals surface area (Å²) in [6.45, 7) is 3.92. The van der Waals surface area contributed by atoms with Crippen LogP contribution in [0.15, 0.2) is 23.4 Å². The summed E-state index contributed by atoms with van der Waals surface area (Å²) in [5, 5.41) is 9.10. The number of aliphatic hydroxyl groups excluding tert-OH is 1. The van der Waals surface area contributed by atoms with E-state index >= 15 is 0 Å². The minimum absolute atomic E-state index is 0.0284. The summed E-state index contributed by atoms with van der Waals surface area (Å²) in [7, 11) is -3.59. The first kappa shape index (κ1) is 14.2. The Morgan fingerprint density at radius 2 is 2.26 bits per heavy atom. The number of aromatic amines is 1. The van der Waals surface area contributed by atoms with Crippen molar-refractivity contribution in [2.75, 3.05) is 6.61 Å². The van der Waals surface area contributed by atoms with E-state index in [2.05, 4.69) is 14.7 Å². The first-order chi connectivity index (χ1) is 8.92. The fourth-order valence-electron chi connectivity index (χ4n) is 2.01. The van der Waals surface area contributed by atoms with Gasteiger partial charge in [-0.2, -0.15) is 0 Å². The zero-order valence-electron chi connectivity index (χ0n) is 11.0. The average molecular weight is 285 g/mol. The molecule has 1 aliphatic carbocycles. The van der Waals surface area contributed by atoms with Crippen LogP contribution in [0.3, 0.4) is 0 Å². The van der Waals surface area contributed by atoms with Crippen molar-refractivity contribution < 1.29 is 13.5 Å². The summed E-state index contributed by atoms with van der Waals surface area (Å²) < 4.78 is 26.9. The van der Waals surface area contributed by atoms with Gasteiger partial charge in [-0.1, -0.05) is 26.0 Å². The summed E-state index contributed by atoms with van der Waals surface area (Å²) in [4.78, 5) is 6.87. The first-order valence-electron chi connectivity index (χ1n) is 6.29. The molecule has 6 nitrogen and oxygen atoms in total. The lowest BCUT2D eigenvalue weighted by Crippen LogP contribution is -2.33. The van der Waals surface area contributed by atoms with Crippen molar-refractivity contribution in [3.05, 3.63) is 24.2 Å². The number of imidazole rings is 1. The van der Waals surface area contributed by atoms with Crippen LogP contribution < -0.4 is 4.72 Å². The standard InChI is InChI=1S/C12H19N3O3S/c1-8(2)12-13-6-11(14-12)19(17,18)15-10-4-3-9(5-10)7-16/h3-4,6,8-10,15-16H,5,7H2,1-2H3,(H,13,14)/t9-,10+/m0/s1. The van der Waals surface area contributed by atoms with Gasteiger partial charge in [0, 0.05) is 24.5 Å². The number of aliphatic hydroxyl groups is 1. The second kappa shape index (κ2) is 5.44. The van der Waals surface area contributed by atoms with Gasteiger partial charge < -0.3 is 10.1 Å². The van der Waals surface area contributed by atoms with Crippen molar-refractivity contribution in [1.29, 1.82) is 0 Å². The molecule has 0 saturated heterocycles. The Hall–Kier alpha value is -1.18. The van der Waals surface area contributed by atoms with Crippen molar-refractivity contribution in [3.8, 4) is 0 Å². The molecule has 1 aromatic heterocycles. The Bertz CT molecular complexity index is 563. The van der Waals surface area contributed by atoms with Crippen molar-refractivity contribution >= 4 is 10.0 Å². The van der Waals surface area contributed by atoms with E-state index in [4.69, 9.17) is 5.11 Å². The summed E-state index contributed by atoms with van der Waals surface area (Å²) in [6, 6.07) is -0.270. The molecule has 0 unspecified atom stereocenters. The second-order valence-corrected chi connectivity index (χ2v) is 6.76. The van der Waals surface area contributed by atoms with E-state index in [9.17, 15) is 8.42 Å². The SMILES string of the molecule is CC(C)c1ncc(S(=O)(=O)N[C@@H]2C=C[C@H](CO)C2)[nH]1. The number of rotatable bonds is 5. The molecule has 0 bridgehead atoms. The average Bonchev–Trinajstić information content (AvgIpc) is 2.95. The van der Waals surface area contributed by atoms with Crippen molar-refractivity contribution in [2.24, 2.45) is 5.92 Å². The van der Waals surface area contributed by atoms with Crippen LogP contribution in [0.25, 0.3) is 0 Å². The Kier molecular flexibility index (Phi) is 4.07. The molecule has 1 aliphatic rings. The van der Waals surface area contributed by atoms with Crippen LogP contribution in [0, 0.1) is 5.92 Å². The highest BCUT2D eigenvalue weighted by Crippen LogP contribution is 2.19. The number of aromatic nitrogens is 2. The molecule has 19 heavy (non-hydrogen) atoms. The van der Waals surface area contributed by atoms with Crippen LogP contribution in [-0.4, -0.2) is 36.1 Å². The molecule has 0 radical (unpaired) electrons. The van der Waals surface area contributed by atoms with Crippen LogP contribution in [-0.2, 0) is 10.0 Å². The van der Waals surface area contributed by atoms with Crippen LogP contribution in [0.5, 0.6) is 0 Å². The van der Waals surface area contributed by atoms with E-state index < -0.39 is 10.0 Å². The smallest absolute Gasteiger partial charge is 0.258 e. The number of hydrogen-bond acceptors (Lipinski definition) is 4. The van der Waals surface area contributed by atoms with E-state index in [1.54, 1.807) is 6.08 Å². The number of nitrogens with zero attached hydrogens (tertiary/aromatic N) is 1. The maximum atomic E-state index is 12.1. The van der Waals surface area contributed by atoms with Gasteiger partial charge in [-0.15, -0.1) is 0 Å². The quantitative estimate of drug-likeness (QED) is 0.696. The van der Waals surface area contributed by atoms with Crippen molar-refractivity contribution in [2.45, 2.75) is 37.3 Å². The highest BCUT2D eigenvalue weighted by molar-refractivity contribution is 7.89. The summed E-state index contributed by atoms with van der Waals surface area (Å²) in [5.41, 5.74) is 0. The van der Waals surface area contributed by atoms with E-state index in [1.807, 2.05) is 19.9 Å². The van der Waals surface area contributed by atoms with Crippen LogP contribution in [0.4, 0.5) is 0 Å². The zero-order chi connectivity index (χ0) is 14.0. The molecular formula is C12H19N3O3S. The van der Waals surface area contributed by atoms with Gasteiger partial charge in [0.05, 0.1) is 6.20 Å². The molecule has 2 rings (SSSR count). The second-order valence-electron chi connectivity index (χ2n) is 5.08. The fraction of sp³-hybridized carbons (Fsp3) is 0.583. The lowest BCUT2D eigenvalue weighted by atomic mass is 10.1. The maximum Gasteiger partial charge on any atom is 0.258 e. The third-order valence-corrected chi connectivity index (χ3v) is 4.52. The van der Waals surface area contributed by atoms with Gasteiger partial charge in [-0.05, 0) is 6.42 Å². The zero-order valence-corrected chi connectivity index (χ0v) is 11.8. The molecule has 0 aromatic carbocycles. The first-order valence-corrected chi connectivity index (χ1v) is 7.77. The molecule has 1 heterocycles. The summed E-state index contributed by atoms with van der Waals surface area (Å²) >= 11 is 0. The minimum Gasteiger partial charge on any atom is -0.396 e. The Morgan fingerprint density at radius 1 is 1.53 bits per heavy atom. The predicted molar refractivity (Wildman–Crippen MR) is 71.1 cm³/mol. The topological polar surface area (TPSA) is 95.1 Å². The Morgan fingerprint density at radius 3 is 2.79 bits per heavy atom. The van der Waals surface area contributed by atoms with Crippen LogP contribution >= 0.6 is 0 Å². The predicted octanol–water partition coefficient (Wildman–Crippen LogP) is 0.748. The van der Waals surface area contributed by atoms with E-state index in [0.29, 0.717) is 12.2 Å². The molecule has 0 amide bonds. The van der Waals surface area contributed by atoms with E-state index in [0.717, 1.165) is 0 Å². The summed E-state index contributed by atoms with van der Waals surface area (Å²) in [5.74, 6) is 0.824. The molecule has 3 N–H and O–H groups in total. The molecule has 0 fully saturated rings. The molecule has 7 heteroatoms. The normalized spacial score (nSPS) is 23.4. The molecule has 1 aromatic rings. The maximum absolute atomic E-state index is 12.1. The lowest BCUT2D eigenvalue weighted by molar-refractivity contribution is 0.248. The third-order valence-electron chi connectivity index (χ3n) is 3.12. The number of hydrogen-bond donors (Lipinski definition) is 3. The van der Waals surface area contributed by atoms with Crippen molar-refractivity contribution in [3.63, 3.8) is 0 Å². The Labute approximate surface area is 113 Å². The van der Waals surface area contributed by atoms with Gasteiger partial charge in [0.25, 0.3) is 10.0 Å². The molecule has 106 valence electrons. The summed E-state index contributed by atoms with van der Waals surface area (Å²) in [6.07, 6.45) is 5.53. The van der Waals surface area contributed by atoms with Gasteiger partial charge >= 0.3 is 0 Å². The van der Waals surface area contributed by atoms with Gasteiger partial charge in [0.1, 0.15) is 5.82 Å². The van der Waals surface area contributed by atoms with Gasteiger partial charge in [-0.25, -0.2) is 18.1 Å². The van der Waals surface area contributed by atoms with Crippen LogP contribution in [0.1, 0.15) is 32.0 Å². The number of sulfonamides is 1. The molecule has 0 aliphatic heterocycles. The molecule has 0 spiro atoms. The number of H-pyrrole nitrogens is 1. The van der Waals surface area contributed by atoms with E-state index in [1.165, 1.54) is 6.20 Å². The van der Waals surface area contributed by atoms with Gasteiger partial charge in [0.15, 0.2) is 5.03 Å². The highest BCUT2D eigenvalue weighted by Gasteiger charge is 2.25. The van der Waals surface area contributed by atoms with Crippen LogP contribution in [0.2, 0.25) is 0 Å². The number of nitrogens with one attached hydrogen (secondary N) is 2. The fourth-order valence-corrected chi connectivity index (χ4v) is 3.14. The van der Waals surface area contributed by atoms with Gasteiger partial charge in [-0.3, -0.25) is 0 Å². The molecular weight excluding hydrogens is 266 g/mol. The Balaban J connectivity index is 2.08. The minimum atomic E-state index is -3.59. The lowest BCUT2D eigenvalue weighted by Gasteiger charge is -2.12. The molecule has 2 atom stereocenters. The van der Waals surface area contributed by atoms with E-state index in [-0.39, 0.29) is 29.5 Å². The van der Waals surface area contributed by atoms with Crippen molar-refractivity contribution in [1.82, 2.24) is 14.7 Å².